The van der Waals surface area contributed by atoms with E-state index in [9.17, 15) is 0 Å². The molecule has 5 nitrogen and oxygen atoms in total. The predicted molar refractivity (Wildman–Crippen MR) is 96.6 cm³/mol. The molecule has 1 rings (SSSR count). The van der Waals surface area contributed by atoms with Crippen molar-refractivity contribution in [2.75, 3.05) is 46.8 Å². The molecule has 22 heavy (non-hydrogen) atoms. The van der Waals surface area contributed by atoms with Gasteiger partial charge in [0.15, 0.2) is 5.96 Å². The monoisotopic (exact) mass is 311 g/mol. The minimum absolute atomic E-state index is 0.483. The Labute approximate surface area is 137 Å². The Morgan fingerprint density at radius 1 is 1.23 bits per heavy atom. The molecular formula is C17H37N5. The lowest BCUT2D eigenvalue weighted by molar-refractivity contribution is 0.119. The number of hydrogen-bond donors (Lipinski definition) is 2. The number of guanidine groups is 1. The molecule has 2 N–H and O–H groups in total. The van der Waals surface area contributed by atoms with Gasteiger partial charge in [0.05, 0.1) is 6.54 Å². The van der Waals surface area contributed by atoms with Crippen LogP contribution in [0.4, 0.5) is 0 Å². The van der Waals surface area contributed by atoms with Crippen LogP contribution in [0.5, 0.6) is 0 Å². The summed E-state index contributed by atoms with van der Waals surface area (Å²) in [6, 6.07) is 1.00. The van der Waals surface area contributed by atoms with E-state index in [2.05, 4.69) is 55.3 Å². The van der Waals surface area contributed by atoms with Gasteiger partial charge in [-0.05, 0) is 34.4 Å². The summed E-state index contributed by atoms with van der Waals surface area (Å²) in [7, 11) is 4.41. The lowest BCUT2D eigenvalue weighted by atomic mass is 10.1. The average Bonchev–Trinajstić information content (AvgIpc) is 2.48. The third kappa shape index (κ3) is 7.45. The highest BCUT2D eigenvalue weighted by Gasteiger charge is 2.21. The van der Waals surface area contributed by atoms with E-state index in [1.165, 1.54) is 25.7 Å². The smallest absolute Gasteiger partial charge is 0.191 e. The van der Waals surface area contributed by atoms with Crippen molar-refractivity contribution in [1.29, 1.82) is 0 Å². The first-order chi connectivity index (χ1) is 10.6. The van der Waals surface area contributed by atoms with Gasteiger partial charge in [0, 0.05) is 38.3 Å². The average molecular weight is 312 g/mol. The number of nitrogens with one attached hydrogen (secondary N) is 2. The zero-order valence-corrected chi connectivity index (χ0v) is 15.4. The summed E-state index contributed by atoms with van der Waals surface area (Å²) in [5, 5.41) is 6.93. The molecule has 0 aliphatic carbocycles. The minimum Gasteiger partial charge on any atom is -0.357 e. The molecule has 0 aromatic heterocycles. The van der Waals surface area contributed by atoms with Crippen LogP contribution in [0.3, 0.4) is 0 Å². The van der Waals surface area contributed by atoms with Gasteiger partial charge in [-0.1, -0.05) is 26.2 Å². The second-order valence-corrected chi connectivity index (χ2v) is 6.66. The Bertz CT molecular complexity index is 318. The van der Waals surface area contributed by atoms with Gasteiger partial charge < -0.3 is 15.5 Å². The number of unbranched alkanes of at least 4 members (excludes halogenated alkanes) is 2. The van der Waals surface area contributed by atoms with Crippen LogP contribution in [0.25, 0.3) is 0 Å². The molecule has 1 fully saturated rings. The van der Waals surface area contributed by atoms with Crippen LogP contribution in [0.2, 0.25) is 0 Å². The third-order valence-corrected chi connectivity index (χ3v) is 4.41. The number of likely N-dealkylation sites (N-methyl/N-ethyl adjacent to an activating group) is 2. The van der Waals surface area contributed by atoms with Crippen molar-refractivity contribution in [3.63, 3.8) is 0 Å². The van der Waals surface area contributed by atoms with Crippen molar-refractivity contribution in [2.24, 2.45) is 4.99 Å². The number of piperazine rings is 1. The zero-order chi connectivity index (χ0) is 16.4. The van der Waals surface area contributed by atoms with Gasteiger partial charge in [0.2, 0.25) is 0 Å². The summed E-state index contributed by atoms with van der Waals surface area (Å²) < 4.78 is 0. The normalized spacial score (nSPS) is 22.6. The molecule has 0 spiro atoms. The fraction of sp³-hybridized carbons (Fsp3) is 0.941. The lowest BCUT2D eigenvalue weighted by Gasteiger charge is -2.37. The molecule has 2 atom stereocenters. The fourth-order valence-corrected chi connectivity index (χ4v) is 2.82. The highest BCUT2D eigenvalue weighted by Crippen LogP contribution is 2.06. The van der Waals surface area contributed by atoms with Gasteiger partial charge in [0.25, 0.3) is 0 Å². The Kier molecular flexibility index (Phi) is 9.48. The van der Waals surface area contributed by atoms with E-state index in [1.807, 2.05) is 0 Å². The molecule has 1 aliphatic heterocycles. The van der Waals surface area contributed by atoms with E-state index in [0.29, 0.717) is 12.1 Å². The lowest BCUT2D eigenvalue weighted by Crippen LogP contribution is -2.52. The van der Waals surface area contributed by atoms with Gasteiger partial charge >= 0.3 is 0 Å². The van der Waals surface area contributed by atoms with Crippen LogP contribution in [0, 0.1) is 0 Å². The summed E-state index contributed by atoms with van der Waals surface area (Å²) >= 11 is 0. The van der Waals surface area contributed by atoms with Crippen molar-refractivity contribution >= 4 is 5.96 Å². The highest BCUT2D eigenvalue weighted by molar-refractivity contribution is 5.80. The zero-order valence-electron chi connectivity index (χ0n) is 15.4. The number of nitrogens with zero attached hydrogens (tertiary/aromatic N) is 3. The second kappa shape index (κ2) is 10.8. The first-order valence-electron chi connectivity index (χ1n) is 9.00. The van der Waals surface area contributed by atoms with Crippen LogP contribution >= 0.6 is 0 Å². The van der Waals surface area contributed by atoms with Crippen LogP contribution in [-0.2, 0) is 0 Å². The molecule has 2 unspecified atom stereocenters. The molecule has 0 saturated carbocycles. The molecule has 1 aliphatic rings. The van der Waals surface area contributed by atoms with Crippen molar-refractivity contribution in [2.45, 2.75) is 58.5 Å². The quantitative estimate of drug-likeness (QED) is 0.407. The molecule has 0 bridgehead atoms. The van der Waals surface area contributed by atoms with E-state index in [0.717, 1.165) is 38.7 Å². The SMILES string of the molecule is CCCCCC(C)NC(=NCC1CN(C)CCN1C)NCC. The molecule has 130 valence electrons. The first kappa shape index (κ1) is 19.2. The molecule has 0 radical (unpaired) electrons. The molecule has 1 heterocycles. The minimum atomic E-state index is 0.483. The van der Waals surface area contributed by atoms with Crippen LogP contribution in [0.1, 0.15) is 46.5 Å². The summed E-state index contributed by atoms with van der Waals surface area (Å²) in [6.45, 7) is 11.8. The molecule has 1 saturated heterocycles. The molecule has 0 amide bonds. The largest absolute Gasteiger partial charge is 0.357 e. The molecular weight excluding hydrogens is 274 g/mol. The van der Waals surface area contributed by atoms with Gasteiger partial charge in [-0.15, -0.1) is 0 Å². The second-order valence-electron chi connectivity index (χ2n) is 6.66. The van der Waals surface area contributed by atoms with E-state index in [1.54, 1.807) is 0 Å². The van der Waals surface area contributed by atoms with Crippen molar-refractivity contribution in [1.82, 2.24) is 20.4 Å². The maximum Gasteiger partial charge on any atom is 0.191 e. The maximum absolute atomic E-state index is 4.82. The number of aliphatic imine (C=N–C) groups is 1. The van der Waals surface area contributed by atoms with Crippen LogP contribution in [-0.4, -0.2) is 74.7 Å². The topological polar surface area (TPSA) is 42.9 Å². The standard InChI is InChI=1S/C17H37N5/c1-6-8-9-10-15(3)20-17(18-7-2)19-13-16-14-21(4)11-12-22(16)5/h15-16H,6-14H2,1-5H3,(H2,18,19,20). The summed E-state index contributed by atoms with van der Waals surface area (Å²) in [4.78, 5) is 9.64. The van der Waals surface area contributed by atoms with E-state index in [4.69, 9.17) is 4.99 Å². The van der Waals surface area contributed by atoms with Gasteiger partial charge in [-0.2, -0.15) is 0 Å². The van der Waals surface area contributed by atoms with Gasteiger partial charge in [-0.3, -0.25) is 9.89 Å². The Balaban J connectivity index is 2.46. The molecule has 0 aromatic carbocycles. The van der Waals surface area contributed by atoms with Crippen molar-refractivity contribution in [3.05, 3.63) is 0 Å². The summed E-state index contributed by atoms with van der Waals surface area (Å²) in [6.07, 6.45) is 5.10. The van der Waals surface area contributed by atoms with Gasteiger partial charge in [0.1, 0.15) is 0 Å². The Morgan fingerprint density at radius 3 is 2.68 bits per heavy atom. The number of hydrogen-bond acceptors (Lipinski definition) is 3. The molecule has 0 aromatic rings. The first-order valence-corrected chi connectivity index (χ1v) is 9.00. The van der Waals surface area contributed by atoms with Crippen molar-refractivity contribution < 1.29 is 0 Å². The van der Waals surface area contributed by atoms with Gasteiger partial charge in [-0.25, -0.2) is 0 Å². The fourth-order valence-electron chi connectivity index (χ4n) is 2.82. The van der Waals surface area contributed by atoms with Crippen LogP contribution in [0.15, 0.2) is 4.99 Å². The summed E-state index contributed by atoms with van der Waals surface area (Å²) in [5.74, 6) is 0.966. The van der Waals surface area contributed by atoms with E-state index >= 15 is 0 Å². The van der Waals surface area contributed by atoms with E-state index in [-0.39, 0.29) is 0 Å². The van der Waals surface area contributed by atoms with E-state index < -0.39 is 0 Å². The van der Waals surface area contributed by atoms with Crippen molar-refractivity contribution in [3.8, 4) is 0 Å². The summed E-state index contributed by atoms with van der Waals surface area (Å²) in [5.41, 5.74) is 0. The van der Waals surface area contributed by atoms with Crippen LogP contribution < -0.4 is 10.6 Å². The predicted octanol–water partition coefficient (Wildman–Crippen LogP) is 1.76. The third-order valence-electron chi connectivity index (χ3n) is 4.41. The number of rotatable bonds is 8. The Hall–Kier alpha value is -0.810. The molecule has 5 heteroatoms. The highest BCUT2D eigenvalue weighted by atomic mass is 15.3. The maximum atomic E-state index is 4.82. The Morgan fingerprint density at radius 2 is 2.00 bits per heavy atom.